The molecule has 0 unspecified atom stereocenters. The lowest BCUT2D eigenvalue weighted by molar-refractivity contribution is 0.397. The summed E-state index contributed by atoms with van der Waals surface area (Å²) in [4.78, 5) is 6.63. The van der Waals surface area contributed by atoms with Crippen molar-refractivity contribution in [1.82, 2.24) is 4.98 Å². The average Bonchev–Trinajstić information content (AvgIpc) is 2.19. The first kappa shape index (κ1) is 9.35. The highest BCUT2D eigenvalue weighted by atomic mass is 16.5. The molecule has 0 aromatic carbocycles. The molecular formula is C8H10N4O. The van der Waals surface area contributed by atoms with E-state index in [4.69, 9.17) is 10.3 Å². The number of azide groups is 1. The number of hydrogen-bond acceptors (Lipinski definition) is 3. The van der Waals surface area contributed by atoms with Gasteiger partial charge < -0.3 is 4.74 Å². The SMILES string of the molecule is COc1cc(CCN=[N+]=[N-])ccn1. The van der Waals surface area contributed by atoms with Gasteiger partial charge in [0, 0.05) is 23.7 Å². The molecule has 0 atom stereocenters. The highest BCUT2D eigenvalue weighted by molar-refractivity contribution is 5.20. The molecule has 1 aromatic rings. The van der Waals surface area contributed by atoms with Crippen LogP contribution in [0.3, 0.4) is 0 Å². The molecular weight excluding hydrogens is 168 g/mol. The van der Waals surface area contributed by atoms with Crippen LogP contribution in [0, 0.1) is 0 Å². The molecule has 0 N–H and O–H groups in total. The normalized spacial score (nSPS) is 9.00. The highest BCUT2D eigenvalue weighted by Crippen LogP contribution is 2.08. The first-order chi connectivity index (χ1) is 6.36. The fourth-order valence-corrected chi connectivity index (χ4v) is 0.941. The fraction of sp³-hybridized carbons (Fsp3) is 0.375. The molecule has 0 saturated heterocycles. The number of aromatic nitrogens is 1. The van der Waals surface area contributed by atoms with Crippen LogP contribution in [-0.2, 0) is 6.42 Å². The summed E-state index contributed by atoms with van der Waals surface area (Å²) in [6.45, 7) is 0.462. The van der Waals surface area contributed by atoms with E-state index in [2.05, 4.69) is 15.0 Å². The van der Waals surface area contributed by atoms with Crippen LogP contribution in [0.15, 0.2) is 23.4 Å². The minimum atomic E-state index is 0.462. The standard InChI is InChI=1S/C8H10N4O/c1-13-8-6-7(2-4-10-8)3-5-11-12-9/h2,4,6H,3,5H2,1H3. The van der Waals surface area contributed by atoms with Gasteiger partial charge in [-0.15, -0.1) is 0 Å². The van der Waals surface area contributed by atoms with Crippen molar-refractivity contribution in [2.24, 2.45) is 5.11 Å². The van der Waals surface area contributed by atoms with E-state index >= 15 is 0 Å². The van der Waals surface area contributed by atoms with Crippen LogP contribution in [0.5, 0.6) is 5.88 Å². The number of pyridine rings is 1. The van der Waals surface area contributed by atoms with E-state index in [-0.39, 0.29) is 0 Å². The molecule has 0 fully saturated rings. The molecule has 0 aliphatic rings. The van der Waals surface area contributed by atoms with Gasteiger partial charge in [-0.25, -0.2) is 4.98 Å². The van der Waals surface area contributed by atoms with Gasteiger partial charge in [-0.1, -0.05) is 5.11 Å². The van der Waals surface area contributed by atoms with Crippen molar-refractivity contribution < 1.29 is 4.74 Å². The maximum atomic E-state index is 8.07. The Morgan fingerprint density at radius 3 is 3.23 bits per heavy atom. The number of methoxy groups -OCH3 is 1. The summed E-state index contributed by atoms with van der Waals surface area (Å²) in [7, 11) is 1.57. The van der Waals surface area contributed by atoms with Gasteiger partial charge in [-0.2, -0.15) is 0 Å². The second-order valence-electron chi connectivity index (χ2n) is 2.41. The molecule has 1 rings (SSSR count). The third-order valence-electron chi connectivity index (χ3n) is 1.57. The van der Waals surface area contributed by atoms with E-state index in [0.717, 1.165) is 5.56 Å². The van der Waals surface area contributed by atoms with Gasteiger partial charge in [-0.05, 0) is 23.6 Å². The summed E-state index contributed by atoms with van der Waals surface area (Å²) in [6.07, 6.45) is 2.38. The van der Waals surface area contributed by atoms with Crippen LogP contribution >= 0.6 is 0 Å². The quantitative estimate of drug-likeness (QED) is 0.401. The molecule has 0 spiro atoms. The minimum Gasteiger partial charge on any atom is -0.481 e. The molecule has 0 radical (unpaired) electrons. The Labute approximate surface area is 76.0 Å². The summed E-state index contributed by atoms with van der Waals surface area (Å²) in [5.74, 6) is 0.582. The van der Waals surface area contributed by atoms with Gasteiger partial charge in [0.25, 0.3) is 0 Å². The van der Waals surface area contributed by atoms with Crippen LogP contribution in [0.1, 0.15) is 5.56 Å². The molecule has 0 aliphatic carbocycles. The first-order valence-electron chi connectivity index (χ1n) is 3.86. The molecule has 1 aromatic heterocycles. The van der Waals surface area contributed by atoms with Crippen molar-refractivity contribution in [1.29, 1.82) is 0 Å². The Morgan fingerprint density at radius 1 is 1.69 bits per heavy atom. The zero-order chi connectivity index (χ0) is 9.52. The summed E-state index contributed by atoms with van der Waals surface area (Å²) in [6, 6.07) is 3.70. The summed E-state index contributed by atoms with van der Waals surface area (Å²) in [5.41, 5.74) is 9.12. The Morgan fingerprint density at radius 2 is 2.54 bits per heavy atom. The lowest BCUT2D eigenvalue weighted by Gasteiger charge is -2.00. The lowest BCUT2D eigenvalue weighted by Crippen LogP contribution is -1.92. The van der Waals surface area contributed by atoms with Gasteiger partial charge in [0.2, 0.25) is 5.88 Å². The van der Waals surface area contributed by atoms with Gasteiger partial charge in [-0.3, -0.25) is 0 Å². The third kappa shape index (κ3) is 3.01. The Hall–Kier alpha value is -1.74. The van der Waals surface area contributed by atoms with Crippen LogP contribution in [0.4, 0.5) is 0 Å². The zero-order valence-electron chi connectivity index (χ0n) is 7.34. The Kier molecular flexibility index (Phi) is 3.60. The Balaban J connectivity index is 2.60. The van der Waals surface area contributed by atoms with Crippen molar-refractivity contribution >= 4 is 0 Å². The van der Waals surface area contributed by atoms with Crippen molar-refractivity contribution in [2.45, 2.75) is 6.42 Å². The van der Waals surface area contributed by atoms with E-state index < -0.39 is 0 Å². The van der Waals surface area contributed by atoms with Crippen molar-refractivity contribution in [2.75, 3.05) is 13.7 Å². The van der Waals surface area contributed by atoms with Gasteiger partial charge in [0.1, 0.15) is 0 Å². The maximum absolute atomic E-state index is 8.07. The molecule has 68 valence electrons. The predicted octanol–water partition coefficient (Wildman–Crippen LogP) is 1.94. The average molecular weight is 178 g/mol. The maximum Gasteiger partial charge on any atom is 0.213 e. The number of hydrogen-bond donors (Lipinski definition) is 0. The molecule has 0 amide bonds. The van der Waals surface area contributed by atoms with E-state index in [1.807, 2.05) is 12.1 Å². The topological polar surface area (TPSA) is 70.9 Å². The third-order valence-corrected chi connectivity index (χ3v) is 1.57. The largest absolute Gasteiger partial charge is 0.481 e. The van der Waals surface area contributed by atoms with Crippen LogP contribution in [0.2, 0.25) is 0 Å². The highest BCUT2D eigenvalue weighted by Gasteiger charge is 1.95. The van der Waals surface area contributed by atoms with E-state index in [1.165, 1.54) is 0 Å². The summed E-state index contributed by atoms with van der Waals surface area (Å²) in [5, 5.41) is 3.44. The van der Waals surface area contributed by atoms with E-state index in [0.29, 0.717) is 18.8 Å². The first-order valence-corrected chi connectivity index (χ1v) is 3.86. The Bertz CT molecular complexity index is 320. The second kappa shape index (κ2) is 5.00. The van der Waals surface area contributed by atoms with Crippen LogP contribution in [0.25, 0.3) is 10.4 Å². The molecule has 1 heterocycles. The van der Waals surface area contributed by atoms with Gasteiger partial charge in [0.15, 0.2) is 0 Å². The lowest BCUT2D eigenvalue weighted by atomic mass is 10.2. The zero-order valence-corrected chi connectivity index (χ0v) is 7.34. The molecule has 0 aliphatic heterocycles. The minimum absolute atomic E-state index is 0.462. The van der Waals surface area contributed by atoms with Gasteiger partial charge in [0.05, 0.1) is 7.11 Å². The molecule has 0 bridgehead atoms. The van der Waals surface area contributed by atoms with Crippen molar-refractivity contribution in [3.05, 3.63) is 34.3 Å². The van der Waals surface area contributed by atoms with Crippen LogP contribution in [-0.4, -0.2) is 18.6 Å². The van der Waals surface area contributed by atoms with Gasteiger partial charge >= 0.3 is 0 Å². The molecule has 5 nitrogen and oxygen atoms in total. The molecule has 13 heavy (non-hydrogen) atoms. The predicted molar refractivity (Wildman–Crippen MR) is 48.5 cm³/mol. The molecule has 0 saturated carbocycles. The van der Waals surface area contributed by atoms with Crippen LogP contribution < -0.4 is 4.74 Å². The van der Waals surface area contributed by atoms with Crippen molar-refractivity contribution in [3.8, 4) is 5.88 Å². The number of nitrogens with zero attached hydrogens (tertiary/aromatic N) is 4. The number of rotatable bonds is 4. The monoisotopic (exact) mass is 178 g/mol. The second-order valence-corrected chi connectivity index (χ2v) is 2.41. The van der Waals surface area contributed by atoms with E-state index in [9.17, 15) is 0 Å². The number of ether oxygens (including phenoxy) is 1. The smallest absolute Gasteiger partial charge is 0.213 e. The van der Waals surface area contributed by atoms with E-state index in [1.54, 1.807) is 13.3 Å². The summed E-state index contributed by atoms with van der Waals surface area (Å²) >= 11 is 0. The summed E-state index contributed by atoms with van der Waals surface area (Å²) < 4.78 is 4.95. The fourth-order valence-electron chi connectivity index (χ4n) is 0.941. The molecule has 5 heteroatoms. The van der Waals surface area contributed by atoms with Crippen molar-refractivity contribution in [3.63, 3.8) is 0 Å².